The van der Waals surface area contributed by atoms with Crippen molar-refractivity contribution < 1.29 is 4.79 Å². The van der Waals surface area contributed by atoms with E-state index in [0.29, 0.717) is 19.5 Å². The van der Waals surface area contributed by atoms with Gasteiger partial charge in [0.15, 0.2) is 5.78 Å². The zero-order chi connectivity index (χ0) is 22.5. The van der Waals surface area contributed by atoms with Crippen LogP contribution < -0.4 is 0 Å². The van der Waals surface area contributed by atoms with E-state index in [1.165, 1.54) is 16.7 Å². The fourth-order valence-electron chi connectivity index (χ4n) is 5.02. The van der Waals surface area contributed by atoms with E-state index < -0.39 is 5.54 Å². The number of Topliss-reactive ketones (excluding diaryl/α,β-unsaturated/α-hetero) is 1. The van der Waals surface area contributed by atoms with Crippen LogP contribution in [0.25, 0.3) is 6.08 Å². The molecule has 1 aliphatic rings. The lowest BCUT2D eigenvalue weighted by Crippen LogP contribution is -2.52. The van der Waals surface area contributed by atoms with Crippen molar-refractivity contribution in [2.24, 2.45) is 0 Å². The van der Waals surface area contributed by atoms with Crippen molar-refractivity contribution in [3.63, 3.8) is 0 Å². The maximum Gasteiger partial charge on any atom is 0.161 e. The van der Waals surface area contributed by atoms with E-state index >= 15 is 0 Å². The molecule has 0 radical (unpaired) electrons. The maximum atomic E-state index is 13.0. The Bertz CT molecular complexity index is 1130. The first-order chi connectivity index (χ1) is 16.3. The second-order valence-corrected chi connectivity index (χ2v) is 8.48. The van der Waals surface area contributed by atoms with E-state index in [0.717, 1.165) is 11.1 Å². The Kier molecular flexibility index (Phi) is 6.01. The number of likely N-dealkylation sites (tertiary alicyclic amines) is 1. The molecule has 4 aromatic carbocycles. The molecular weight excluding hydrogens is 402 g/mol. The number of hydrogen-bond acceptors (Lipinski definition) is 2. The maximum absolute atomic E-state index is 13.0. The van der Waals surface area contributed by atoms with Gasteiger partial charge in [-0.1, -0.05) is 121 Å². The molecule has 4 aromatic rings. The van der Waals surface area contributed by atoms with Gasteiger partial charge >= 0.3 is 0 Å². The highest BCUT2D eigenvalue weighted by Gasteiger charge is 2.44. The average molecular weight is 430 g/mol. The van der Waals surface area contributed by atoms with E-state index in [1.807, 2.05) is 18.2 Å². The van der Waals surface area contributed by atoms with Crippen LogP contribution in [0, 0.1) is 0 Å². The minimum atomic E-state index is -0.500. The van der Waals surface area contributed by atoms with Crippen LogP contribution in [0.3, 0.4) is 0 Å². The first-order valence-electron chi connectivity index (χ1n) is 11.5. The summed E-state index contributed by atoms with van der Waals surface area (Å²) in [5.41, 5.74) is 5.04. The molecule has 1 heterocycles. The van der Waals surface area contributed by atoms with E-state index in [9.17, 15) is 4.79 Å². The molecule has 1 fully saturated rings. The van der Waals surface area contributed by atoms with Gasteiger partial charge in [-0.2, -0.15) is 0 Å². The summed E-state index contributed by atoms with van der Waals surface area (Å²) in [5.74, 6) is 0.234. The molecular formula is C31H27NO. The molecule has 0 atom stereocenters. The summed E-state index contributed by atoms with van der Waals surface area (Å²) in [5, 5.41) is 0. The standard InChI is InChI=1S/C31H27NO/c33-30-21-22-32(24-26(30)23-25-13-5-1-6-14-25)31(27-15-7-2-8-16-27,28-17-9-3-10-18-28)29-19-11-4-12-20-29/h1-20,23H,21-22,24H2. The summed E-state index contributed by atoms with van der Waals surface area (Å²) in [4.78, 5) is 15.5. The van der Waals surface area contributed by atoms with Crippen molar-refractivity contribution in [2.45, 2.75) is 12.0 Å². The second-order valence-electron chi connectivity index (χ2n) is 8.48. The topological polar surface area (TPSA) is 20.3 Å². The normalized spacial score (nSPS) is 16.1. The van der Waals surface area contributed by atoms with Gasteiger partial charge in [-0.25, -0.2) is 0 Å². The van der Waals surface area contributed by atoms with Crippen molar-refractivity contribution in [3.05, 3.63) is 149 Å². The van der Waals surface area contributed by atoms with Crippen LogP contribution in [-0.4, -0.2) is 23.8 Å². The number of hydrogen-bond donors (Lipinski definition) is 0. The van der Waals surface area contributed by atoms with Crippen LogP contribution in [0.1, 0.15) is 28.7 Å². The molecule has 162 valence electrons. The molecule has 1 aliphatic heterocycles. The Labute approximate surface area is 195 Å². The average Bonchev–Trinajstić information content (AvgIpc) is 2.89. The number of nitrogens with zero attached hydrogens (tertiary/aromatic N) is 1. The summed E-state index contributed by atoms with van der Waals surface area (Å²) >= 11 is 0. The number of ketones is 1. The van der Waals surface area contributed by atoms with Crippen molar-refractivity contribution >= 4 is 11.9 Å². The van der Waals surface area contributed by atoms with Gasteiger partial charge in [0, 0.05) is 25.1 Å². The van der Waals surface area contributed by atoms with Crippen molar-refractivity contribution in [1.82, 2.24) is 4.90 Å². The third-order valence-electron chi connectivity index (χ3n) is 6.52. The quantitative estimate of drug-likeness (QED) is 0.273. The van der Waals surface area contributed by atoms with Gasteiger partial charge in [0.25, 0.3) is 0 Å². The van der Waals surface area contributed by atoms with Crippen LogP contribution in [0.2, 0.25) is 0 Å². The number of carbonyl (C=O) groups excluding carboxylic acids is 1. The monoisotopic (exact) mass is 429 g/mol. The van der Waals surface area contributed by atoms with Gasteiger partial charge in [0.1, 0.15) is 0 Å². The molecule has 33 heavy (non-hydrogen) atoms. The first kappa shape index (κ1) is 21.1. The van der Waals surface area contributed by atoms with Crippen LogP contribution in [0.4, 0.5) is 0 Å². The molecule has 0 aromatic heterocycles. The summed E-state index contributed by atoms with van der Waals surface area (Å²) in [7, 11) is 0. The van der Waals surface area contributed by atoms with E-state index in [4.69, 9.17) is 0 Å². The van der Waals surface area contributed by atoms with Gasteiger partial charge < -0.3 is 0 Å². The lowest BCUT2D eigenvalue weighted by molar-refractivity contribution is -0.117. The van der Waals surface area contributed by atoms with Gasteiger partial charge in [0.05, 0.1) is 5.54 Å². The van der Waals surface area contributed by atoms with Crippen LogP contribution in [0.15, 0.2) is 127 Å². The number of carbonyl (C=O) groups is 1. The number of piperidine rings is 1. The van der Waals surface area contributed by atoms with E-state index in [1.54, 1.807) is 0 Å². The molecule has 0 saturated carbocycles. The Balaban J connectivity index is 1.71. The SMILES string of the molecule is O=C1CCN(C(c2ccccc2)(c2ccccc2)c2ccccc2)CC1=Cc1ccccc1. The third-order valence-corrected chi connectivity index (χ3v) is 6.52. The molecule has 2 heteroatoms. The molecule has 5 rings (SSSR count). The Morgan fingerprint density at radius 2 is 1.03 bits per heavy atom. The van der Waals surface area contributed by atoms with E-state index in [2.05, 4.69) is 114 Å². The fraction of sp³-hybridized carbons (Fsp3) is 0.129. The molecule has 0 amide bonds. The smallest absolute Gasteiger partial charge is 0.161 e. The third kappa shape index (κ3) is 4.06. The van der Waals surface area contributed by atoms with E-state index in [-0.39, 0.29) is 5.78 Å². The first-order valence-corrected chi connectivity index (χ1v) is 11.5. The fourth-order valence-corrected chi connectivity index (χ4v) is 5.02. The zero-order valence-electron chi connectivity index (χ0n) is 18.6. The van der Waals surface area contributed by atoms with Gasteiger partial charge in [0.2, 0.25) is 0 Å². The highest BCUT2D eigenvalue weighted by atomic mass is 16.1. The molecule has 0 bridgehead atoms. The van der Waals surface area contributed by atoms with Gasteiger partial charge in [-0.3, -0.25) is 9.69 Å². The minimum Gasteiger partial charge on any atom is -0.294 e. The molecule has 1 saturated heterocycles. The van der Waals surface area contributed by atoms with Crippen LogP contribution in [0.5, 0.6) is 0 Å². The molecule has 2 nitrogen and oxygen atoms in total. The lowest BCUT2D eigenvalue weighted by Gasteiger charge is -2.47. The molecule has 0 aliphatic carbocycles. The summed E-state index contributed by atoms with van der Waals surface area (Å²) in [6.07, 6.45) is 2.56. The summed E-state index contributed by atoms with van der Waals surface area (Å²) in [6, 6.07) is 42.2. The van der Waals surface area contributed by atoms with Crippen LogP contribution in [-0.2, 0) is 10.3 Å². The summed E-state index contributed by atoms with van der Waals surface area (Å²) in [6.45, 7) is 1.29. The second kappa shape index (κ2) is 9.40. The highest BCUT2D eigenvalue weighted by Crippen LogP contribution is 2.43. The molecule has 0 unspecified atom stereocenters. The minimum absolute atomic E-state index is 0.234. The summed E-state index contributed by atoms with van der Waals surface area (Å²) < 4.78 is 0. The van der Waals surface area contributed by atoms with Crippen molar-refractivity contribution in [1.29, 1.82) is 0 Å². The van der Waals surface area contributed by atoms with Crippen molar-refractivity contribution in [2.75, 3.05) is 13.1 Å². The predicted molar refractivity (Wildman–Crippen MR) is 135 cm³/mol. The lowest BCUT2D eigenvalue weighted by atomic mass is 9.74. The zero-order valence-corrected chi connectivity index (χ0v) is 18.6. The highest BCUT2D eigenvalue weighted by molar-refractivity contribution is 6.00. The number of rotatable bonds is 5. The van der Waals surface area contributed by atoms with Crippen molar-refractivity contribution in [3.8, 4) is 0 Å². The number of benzene rings is 4. The Morgan fingerprint density at radius 3 is 1.48 bits per heavy atom. The Morgan fingerprint density at radius 1 is 0.606 bits per heavy atom. The van der Waals surface area contributed by atoms with Gasteiger partial charge in [-0.15, -0.1) is 0 Å². The predicted octanol–water partition coefficient (Wildman–Crippen LogP) is 6.34. The largest absolute Gasteiger partial charge is 0.294 e. The Hall–Kier alpha value is -3.75. The van der Waals surface area contributed by atoms with Crippen LogP contribution >= 0.6 is 0 Å². The molecule has 0 N–H and O–H groups in total. The van der Waals surface area contributed by atoms with Gasteiger partial charge in [-0.05, 0) is 28.3 Å². The molecule has 0 spiro atoms.